The van der Waals surface area contributed by atoms with E-state index in [4.69, 9.17) is 4.74 Å². The second-order valence-electron chi connectivity index (χ2n) is 4.77. The van der Waals surface area contributed by atoms with Gasteiger partial charge in [0.15, 0.2) is 0 Å². The van der Waals surface area contributed by atoms with Crippen LogP contribution < -0.4 is 5.32 Å². The van der Waals surface area contributed by atoms with Crippen molar-refractivity contribution in [3.63, 3.8) is 0 Å². The van der Waals surface area contributed by atoms with Crippen LogP contribution in [0.2, 0.25) is 0 Å². The highest BCUT2D eigenvalue weighted by Gasteiger charge is 2.23. The minimum absolute atomic E-state index is 0.169. The standard InChI is InChI=1S/C12H16F2N2O3/c1-12(2,7-19-3)15-10-5-4-8(16(17)18)6-9(10)11(13)14/h4-6,11,15H,7H2,1-3H3. The van der Waals surface area contributed by atoms with Crippen molar-refractivity contribution in [3.05, 3.63) is 33.9 Å². The molecule has 19 heavy (non-hydrogen) atoms. The van der Waals surface area contributed by atoms with Crippen molar-refractivity contribution in [1.82, 2.24) is 0 Å². The van der Waals surface area contributed by atoms with Crippen LogP contribution in [0.25, 0.3) is 0 Å². The fourth-order valence-electron chi connectivity index (χ4n) is 1.72. The summed E-state index contributed by atoms with van der Waals surface area (Å²) in [4.78, 5) is 9.90. The number of nitro groups is 1. The highest BCUT2D eigenvalue weighted by atomic mass is 19.3. The van der Waals surface area contributed by atoms with Crippen LogP contribution in [0.5, 0.6) is 0 Å². The average molecular weight is 274 g/mol. The van der Waals surface area contributed by atoms with Crippen LogP contribution in [0.15, 0.2) is 18.2 Å². The first-order valence-corrected chi connectivity index (χ1v) is 5.60. The van der Waals surface area contributed by atoms with Crippen LogP contribution in [0, 0.1) is 10.1 Å². The van der Waals surface area contributed by atoms with Crippen LogP contribution in [0.4, 0.5) is 20.2 Å². The number of non-ortho nitro benzene ring substituents is 1. The van der Waals surface area contributed by atoms with Crippen molar-refractivity contribution < 1.29 is 18.4 Å². The van der Waals surface area contributed by atoms with Gasteiger partial charge in [0.25, 0.3) is 12.1 Å². The molecule has 1 aromatic carbocycles. The van der Waals surface area contributed by atoms with Crippen LogP contribution in [0.1, 0.15) is 25.8 Å². The lowest BCUT2D eigenvalue weighted by atomic mass is 10.0. The fraction of sp³-hybridized carbons (Fsp3) is 0.500. The molecule has 5 nitrogen and oxygen atoms in total. The minimum atomic E-state index is -2.79. The number of nitro benzene ring substituents is 1. The maximum atomic E-state index is 12.9. The molecule has 0 bridgehead atoms. The Morgan fingerprint density at radius 2 is 2.11 bits per heavy atom. The molecular weight excluding hydrogens is 258 g/mol. The van der Waals surface area contributed by atoms with Gasteiger partial charge in [-0.15, -0.1) is 0 Å². The zero-order valence-corrected chi connectivity index (χ0v) is 10.9. The normalized spacial score (nSPS) is 11.7. The molecule has 0 amide bonds. The molecule has 0 atom stereocenters. The SMILES string of the molecule is COCC(C)(C)Nc1ccc([N+](=O)[O-])cc1C(F)F. The van der Waals surface area contributed by atoms with Crippen molar-refractivity contribution in [2.45, 2.75) is 25.8 Å². The minimum Gasteiger partial charge on any atom is -0.382 e. The van der Waals surface area contributed by atoms with Crippen molar-refractivity contribution in [2.75, 3.05) is 19.0 Å². The van der Waals surface area contributed by atoms with Gasteiger partial charge in [0.2, 0.25) is 0 Å². The lowest BCUT2D eigenvalue weighted by Crippen LogP contribution is -2.36. The van der Waals surface area contributed by atoms with Crippen LogP contribution in [-0.2, 0) is 4.74 Å². The summed E-state index contributed by atoms with van der Waals surface area (Å²) in [5.74, 6) is 0. The molecule has 0 heterocycles. The molecule has 1 aromatic rings. The lowest BCUT2D eigenvalue weighted by molar-refractivity contribution is -0.385. The van der Waals surface area contributed by atoms with Gasteiger partial charge < -0.3 is 10.1 Å². The molecule has 0 fully saturated rings. The summed E-state index contributed by atoms with van der Waals surface area (Å²) in [6.45, 7) is 3.88. The van der Waals surface area contributed by atoms with Gasteiger partial charge in [0, 0.05) is 30.5 Å². The van der Waals surface area contributed by atoms with E-state index >= 15 is 0 Å². The van der Waals surface area contributed by atoms with Crippen molar-refractivity contribution in [2.24, 2.45) is 0 Å². The predicted octanol–water partition coefficient (Wildman–Crippen LogP) is 3.37. The molecule has 0 unspecified atom stereocenters. The summed E-state index contributed by atoms with van der Waals surface area (Å²) in [5, 5.41) is 13.5. The van der Waals surface area contributed by atoms with E-state index in [2.05, 4.69) is 5.32 Å². The Morgan fingerprint density at radius 3 is 2.58 bits per heavy atom. The third-order valence-corrected chi connectivity index (χ3v) is 2.46. The number of hydrogen-bond acceptors (Lipinski definition) is 4. The van der Waals surface area contributed by atoms with Gasteiger partial charge in [0.05, 0.1) is 17.1 Å². The van der Waals surface area contributed by atoms with Crippen LogP contribution >= 0.6 is 0 Å². The van der Waals surface area contributed by atoms with E-state index in [0.29, 0.717) is 6.61 Å². The van der Waals surface area contributed by atoms with Gasteiger partial charge >= 0.3 is 0 Å². The number of halogens is 2. The molecule has 0 spiro atoms. The molecule has 0 aliphatic carbocycles. The predicted molar refractivity (Wildman–Crippen MR) is 67.6 cm³/mol. The molecular formula is C12H16F2N2O3. The van der Waals surface area contributed by atoms with Crippen molar-refractivity contribution >= 4 is 11.4 Å². The molecule has 0 aliphatic rings. The van der Waals surface area contributed by atoms with E-state index in [1.165, 1.54) is 19.2 Å². The van der Waals surface area contributed by atoms with Gasteiger partial charge in [-0.25, -0.2) is 8.78 Å². The van der Waals surface area contributed by atoms with E-state index in [-0.39, 0.29) is 11.4 Å². The Morgan fingerprint density at radius 1 is 1.47 bits per heavy atom. The molecule has 106 valence electrons. The number of nitrogens with one attached hydrogen (secondary N) is 1. The first-order valence-electron chi connectivity index (χ1n) is 5.60. The molecule has 0 aliphatic heterocycles. The van der Waals surface area contributed by atoms with Crippen LogP contribution in [0.3, 0.4) is 0 Å². The number of alkyl halides is 2. The summed E-state index contributed by atoms with van der Waals surface area (Å²) in [7, 11) is 1.51. The highest BCUT2D eigenvalue weighted by Crippen LogP contribution is 2.32. The van der Waals surface area contributed by atoms with Crippen LogP contribution in [-0.4, -0.2) is 24.2 Å². The molecule has 0 aromatic heterocycles. The smallest absolute Gasteiger partial charge is 0.270 e. The highest BCUT2D eigenvalue weighted by molar-refractivity contribution is 5.57. The number of hydrogen-bond donors (Lipinski definition) is 1. The largest absolute Gasteiger partial charge is 0.382 e. The maximum Gasteiger partial charge on any atom is 0.270 e. The summed E-state index contributed by atoms with van der Waals surface area (Å²) in [5.41, 5.74) is -1.14. The zero-order chi connectivity index (χ0) is 14.6. The summed E-state index contributed by atoms with van der Waals surface area (Å²) >= 11 is 0. The van der Waals surface area contributed by atoms with Gasteiger partial charge in [-0.3, -0.25) is 10.1 Å². The summed E-state index contributed by atoms with van der Waals surface area (Å²) in [6, 6.07) is 3.37. The first-order chi connectivity index (χ1) is 8.76. The number of rotatable bonds is 6. The van der Waals surface area contributed by atoms with Crippen molar-refractivity contribution in [1.29, 1.82) is 0 Å². The van der Waals surface area contributed by atoms with E-state index in [9.17, 15) is 18.9 Å². The fourth-order valence-corrected chi connectivity index (χ4v) is 1.72. The molecule has 1 rings (SSSR count). The lowest BCUT2D eigenvalue weighted by Gasteiger charge is -2.27. The molecule has 0 radical (unpaired) electrons. The van der Waals surface area contributed by atoms with Gasteiger partial charge in [-0.2, -0.15) is 0 Å². The number of benzene rings is 1. The Labute approximate surface area is 109 Å². The van der Waals surface area contributed by atoms with Gasteiger partial charge in [0.1, 0.15) is 0 Å². The number of ether oxygens (including phenoxy) is 1. The molecule has 0 saturated heterocycles. The average Bonchev–Trinajstić information content (AvgIpc) is 2.27. The second kappa shape index (κ2) is 5.92. The van der Waals surface area contributed by atoms with E-state index in [1.807, 2.05) is 0 Å². The first kappa shape index (κ1) is 15.3. The quantitative estimate of drug-likeness (QED) is 0.638. The number of anilines is 1. The van der Waals surface area contributed by atoms with E-state index in [0.717, 1.165) is 6.07 Å². The zero-order valence-electron chi connectivity index (χ0n) is 10.9. The van der Waals surface area contributed by atoms with E-state index in [1.54, 1.807) is 13.8 Å². The Kier molecular flexibility index (Phi) is 4.77. The Balaban J connectivity index is 3.10. The third kappa shape index (κ3) is 4.13. The number of nitrogens with zero attached hydrogens (tertiary/aromatic N) is 1. The van der Waals surface area contributed by atoms with Crippen molar-refractivity contribution in [3.8, 4) is 0 Å². The molecule has 1 N–H and O–H groups in total. The summed E-state index contributed by atoms with van der Waals surface area (Å²) in [6.07, 6.45) is -2.79. The third-order valence-electron chi connectivity index (χ3n) is 2.46. The van der Waals surface area contributed by atoms with E-state index < -0.39 is 22.5 Å². The molecule has 7 heteroatoms. The Hall–Kier alpha value is -1.76. The monoisotopic (exact) mass is 274 g/mol. The second-order valence-corrected chi connectivity index (χ2v) is 4.77. The Bertz CT molecular complexity index is 464. The molecule has 0 saturated carbocycles. The van der Waals surface area contributed by atoms with Gasteiger partial charge in [-0.05, 0) is 19.9 Å². The maximum absolute atomic E-state index is 12.9. The van der Waals surface area contributed by atoms with Gasteiger partial charge in [-0.1, -0.05) is 0 Å². The number of methoxy groups -OCH3 is 1. The topological polar surface area (TPSA) is 64.4 Å². The summed E-state index contributed by atoms with van der Waals surface area (Å²) < 4.78 is 30.9.